The van der Waals surface area contributed by atoms with E-state index in [1.165, 1.54) is 19.3 Å². The molecule has 3 aliphatic rings. The number of hydrogen-bond acceptors (Lipinski definition) is 4. The van der Waals surface area contributed by atoms with E-state index in [0.29, 0.717) is 29.4 Å². The molecule has 2 heterocycles. The molecule has 116 valence electrons. The highest BCUT2D eigenvalue weighted by Crippen LogP contribution is 2.45. The van der Waals surface area contributed by atoms with Crippen molar-refractivity contribution in [2.45, 2.75) is 56.6 Å². The van der Waals surface area contributed by atoms with Gasteiger partial charge >= 0.3 is 0 Å². The van der Waals surface area contributed by atoms with Gasteiger partial charge in [0.1, 0.15) is 0 Å². The van der Waals surface area contributed by atoms with E-state index in [2.05, 4.69) is 5.32 Å². The minimum atomic E-state index is -2.75. The van der Waals surface area contributed by atoms with Crippen molar-refractivity contribution in [3.8, 4) is 0 Å². The van der Waals surface area contributed by atoms with Gasteiger partial charge in [0.15, 0.2) is 9.84 Å². The molecule has 4 nitrogen and oxygen atoms in total. The molecule has 3 rings (SSSR count). The Bertz CT molecular complexity index is 444. The van der Waals surface area contributed by atoms with Crippen LogP contribution < -0.4 is 5.32 Å². The molecule has 3 atom stereocenters. The maximum absolute atomic E-state index is 11.6. The third kappa shape index (κ3) is 3.04. The molecule has 2 saturated heterocycles. The molecule has 0 aromatic heterocycles. The Kier molecular flexibility index (Phi) is 4.13. The fourth-order valence-electron chi connectivity index (χ4n) is 4.29. The average molecular weight is 301 g/mol. The summed E-state index contributed by atoms with van der Waals surface area (Å²) in [5.41, 5.74) is 0.180. The lowest BCUT2D eigenvalue weighted by atomic mass is 9.69. The predicted molar refractivity (Wildman–Crippen MR) is 79.5 cm³/mol. The second-order valence-electron chi connectivity index (χ2n) is 7.04. The van der Waals surface area contributed by atoms with Crippen LogP contribution in [0.1, 0.15) is 44.9 Å². The van der Waals surface area contributed by atoms with Gasteiger partial charge in [-0.1, -0.05) is 0 Å². The topological polar surface area (TPSA) is 55.4 Å². The summed E-state index contributed by atoms with van der Waals surface area (Å²) in [7, 11) is -0.724. The van der Waals surface area contributed by atoms with Gasteiger partial charge in [0.25, 0.3) is 0 Å². The summed E-state index contributed by atoms with van der Waals surface area (Å²) < 4.78 is 29.2. The first kappa shape index (κ1) is 14.8. The lowest BCUT2D eigenvalue weighted by molar-refractivity contribution is -0.147. The standard InChI is InChI=1S/C15H27NO3S/c1-16-14(9-12-4-8-20(17,18)11-12)13-3-7-19-15(10-13)5-2-6-15/h12-14,16H,2-11H2,1H3. The summed E-state index contributed by atoms with van der Waals surface area (Å²) in [6.45, 7) is 0.881. The lowest BCUT2D eigenvalue weighted by Gasteiger charge is -2.49. The van der Waals surface area contributed by atoms with E-state index >= 15 is 0 Å². The molecule has 1 saturated carbocycles. The summed E-state index contributed by atoms with van der Waals surface area (Å²) in [6.07, 6.45) is 7.89. The Morgan fingerprint density at radius 3 is 2.70 bits per heavy atom. The highest BCUT2D eigenvalue weighted by molar-refractivity contribution is 7.91. The zero-order chi connectivity index (χ0) is 14.2. The van der Waals surface area contributed by atoms with Crippen LogP contribution in [0.25, 0.3) is 0 Å². The van der Waals surface area contributed by atoms with Gasteiger partial charge in [0, 0.05) is 12.6 Å². The first-order valence-electron chi connectivity index (χ1n) is 8.04. The van der Waals surface area contributed by atoms with Crippen molar-refractivity contribution in [2.75, 3.05) is 25.2 Å². The summed E-state index contributed by atoms with van der Waals surface area (Å²) in [5, 5.41) is 3.46. The van der Waals surface area contributed by atoms with Crippen molar-refractivity contribution in [3.63, 3.8) is 0 Å². The second kappa shape index (κ2) is 5.58. The fraction of sp³-hybridized carbons (Fsp3) is 1.00. The lowest BCUT2D eigenvalue weighted by Crippen LogP contribution is -2.50. The number of sulfone groups is 1. The molecule has 1 aliphatic carbocycles. The van der Waals surface area contributed by atoms with Crippen molar-refractivity contribution >= 4 is 9.84 Å². The van der Waals surface area contributed by atoms with Crippen LogP contribution in [-0.2, 0) is 14.6 Å². The molecule has 1 spiro atoms. The van der Waals surface area contributed by atoms with Crippen molar-refractivity contribution in [1.82, 2.24) is 5.32 Å². The van der Waals surface area contributed by atoms with Gasteiger partial charge in [0.05, 0.1) is 17.1 Å². The molecule has 20 heavy (non-hydrogen) atoms. The van der Waals surface area contributed by atoms with Crippen molar-refractivity contribution < 1.29 is 13.2 Å². The fourth-order valence-corrected chi connectivity index (χ4v) is 6.17. The molecule has 0 radical (unpaired) electrons. The molecule has 2 aliphatic heterocycles. The van der Waals surface area contributed by atoms with Crippen LogP contribution in [0.4, 0.5) is 0 Å². The summed E-state index contributed by atoms with van der Waals surface area (Å²) in [6, 6.07) is 0.453. The quantitative estimate of drug-likeness (QED) is 0.859. The van der Waals surface area contributed by atoms with Crippen LogP contribution >= 0.6 is 0 Å². The number of ether oxygens (including phenoxy) is 1. The third-order valence-corrected chi connectivity index (χ3v) is 7.49. The third-order valence-electron chi connectivity index (χ3n) is 5.65. The van der Waals surface area contributed by atoms with Gasteiger partial charge in [-0.05, 0) is 63.8 Å². The van der Waals surface area contributed by atoms with E-state index in [1.54, 1.807) is 0 Å². The molecule has 3 unspecified atom stereocenters. The van der Waals surface area contributed by atoms with E-state index in [9.17, 15) is 8.42 Å². The van der Waals surface area contributed by atoms with E-state index in [4.69, 9.17) is 4.74 Å². The second-order valence-corrected chi connectivity index (χ2v) is 9.27. The van der Waals surface area contributed by atoms with Crippen LogP contribution in [0.5, 0.6) is 0 Å². The van der Waals surface area contributed by atoms with Gasteiger partial charge in [-0.3, -0.25) is 0 Å². The first-order chi connectivity index (χ1) is 9.52. The van der Waals surface area contributed by atoms with E-state index < -0.39 is 9.84 Å². The van der Waals surface area contributed by atoms with Gasteiger partial charge in [-0.15, -0.1) is 0 Å². The zero-order valence-corrected chi connectivity index (χ0v) is 13.3. The summed E-state index contributed by atoms with van der Waals surface area (Å²) in [4.78, 5) is 0. The summed E-state index contributed by atoms with van der Waals surface area (Å²) in [5.74, 6) is 1.81. The van der Waals surface area contributed by atoms with Crippen LogP contribution in [0.3, 0.4) is 0 Å². The molecular weight excluding hydrogens is 274 g/mol. The zero-order valence-electron chi connectivity index (χ0n) is 12.4. The summed E-state index contributed by atoms with van der Waals surface area (Å²) >= 11 is 0. The van der Waals surface area contributed by atoms with Crippen molar-refractivity contribution in [3.05, 3.63) is 0 Å². The molecule has 0 aromatic rings. The van der Waals surface area contributed by atoms with Crippen LogP contribution in [-0.4, -0.2) is 45.2 Å². The maximum atomic E-state index is 11.6. The maximum Gasteiger partial charge on any atom is 0.150 e. The highest BCUT2D eigenvalue weighted by Gasteiger charge is 2.44. The van der Waals surface area contributed by atoms with E-state index in [-0.39, 0.29) is 5.60 Å². The molecule has 0 amide bonds. The van der Waals surface area contributed by atoms with Crippen LogP contribution in [0, 0.1) is 11.8 Å². The Hall–Kier alpha value is -0.130. The smallest absolute Gasteiger partial charge is 0.150 e. The predicted octanol–water partition coefficient (Wildman–Crippen LogP) is 1.75. The Morgan fingerprint density at radius 2 is 2.15 bits per heavy atom. The SMILES string of the molecule is CNC(CC1CCS(=O)(=O)C1)C1CCOC2(CCC2)C1. The molecule has 1 N–H and O–H groups in total. The molecular formula is C15H27NO3S. The Labute approximate surface area is 122 Å². The first-order valence-corrected chi connectivity index (χ1v) is 9.86. The molecule has 3 fully saturated rings. The van der Waals surface area contributed by atoms with Gasteiger partial charge in [-0.2, -0.15) is 0 Å². The number of nitrogens with one attached hydrogen (secondary N) is 1. The Balaban J connectivity index is 1.58. The van der Waals surface area contributed by atoms with Crippen molar-refractivity contribution in [1.29, 1.82) is 0 Å². The minimum absolute atomic E-state index is 0.180. The van der Waals surface area contributed by atoms with Crippen LogP contribution in [0.2, 0.25) is 0 Å². The highest BCUT2D eigenvalue weighted by atomic mass is 32.2. The molecule has 5 heteroatoms. The molecule has 0 bridgehead atoms. The minimum Gasteiger partial charge on any atom is -0.375 e. The number of rotatable bonds is 4. The van der Waals surface area contributed by atoms with E-state index in [1.807, 2.05) is 7.05 Å². The van der Waals surface area contributed by atoms with Gasteiger partial charge in [0.2, 0.25) is 0 Å². The number of hydrogen-bond donors (Lipinski definition) is 1. The van der Waals surface area contributed by atoms with Crippen molar-refractivity contribution in [2.24, 2.45) is 11.8 Å². The molecule has 0 aromatic carbocycles. The average Bonchev–Trinajstić information content (AvgIpc) is 2.73. The van der Waals surface area contributed by atoms with Crippen LogP contribution in [0.15, 0.2) is 0 Å². The van der Waals surface area contributed by atoms with Gasteiger partial charge < -0.3 is 10.1 Å². The largest absolute Gasteiger partial charge is 0.375 e. The van der Waals surface area contributed by atoms with E-state index in [0.717, 1.165) is 32.3 Å². The monoisotopic (exact) mass is 301 g/mol. The normalized spacial score (nSPS) is 36.6. The Morgan fingerprint density at radius 1 is 1.35 bits per heavy atom. The van der Waals surface area contributed by atoms with Gasteiger partial charge in [-0.25, -0.2) is 8.42 Å².